The van der Waals surface area contributed by atoms with Gasteiger partial charge >= 0.3 is 0 Å². The number of carbonyl (C=O) groups is 1. The summed E-state index contributed by atoms with van der Waals surface area (Å²) in [4.78, 5) is 12.5. The number of rotatable bonds is 0. The molecule has 2 heterocycles. The average molecular weight is 304 g/mol. The minimum Gasteiger partial charge on any atom is -0.380 e. The predicted molar refractivity (Wildman–Crippen MR) is 78.4 cm³/mol. The second-order valence-electron chi connectivity index (χ2n) is 5.80. The van der Waals surface area contributed by atoms with Crippen LogP contribution in [0.2, 0.25) is 0 Å². The fraction of sp³-hybridized carbons (Fsp3) is 0.400. The molecule has 1 N–H and O–H groups in total. The van der Waals surface area contributed by atoms with E-state index in [0.717, 1.165) is 17.6 Å². The van der Waals surface area contributed by atoms with E-state index in [2.05, 4.69) is 5.32 Å². The second kappa shape index (κ2) is 4.42. The Morgan fingerprint density at radius 2 is 2.05 bits per heavy atom. The van der Waals surface area contributed by atoms with Gasteiger partial charge in [-0.1, -0.05) is 12.1 Å². The third kappa shape index (κ3) is 1.86. The van der Waals surface area contributed by atoms with E-state index in [0.29, 0.717) is 36.6 Å². The van der Waals surface area contributed by atoms with Gasteiger partial charge in [0, 0.05) is 31.6 Å². The number of ketones is 1. The molecule has 2 bridgehead atoms. The summed E-state index contributed by atoms with van der Waals surface area (Å²) in [6.45, 7) is 1.28. The minimum atomic E-state index is -3.51. The van der Waals surface area contributed by atoms with Crippen LogP contribution in [0.3, 0.4) is 0 Å². The zero-order valence-electron chi connectivity index (χ0n) is 11.5. The van der Waals surface area contributed by atoms with Crippen molar-refractivity contribution in [2.75, 3.05) is 25.0 Å². The van der Waals surface area contributed by atoms with E-state index in [1.54, 1.807) is 24.3 Å². The number of anilines is 1. The van der Waals surface area contributed by atoms with Crippen LogP contribution >= 0.6 is 0 Å². The van der Waals surface area contributed by atoms with Crippen molar-refractivity contribution in [2.24, 2.45) is 5.92 Å². The molecule has 0 saturated carbocycles. The monoisotopic (exact) mass is 304 g/mol. The van der Waals surface area contributed by atoms with Crippen LogP contribution in [0.4, 0.5) is 5.69 Å². The highest BCUT2D eigenvalue weighted by Gasteiger charge is 2.40. The maximum absolute atomic E-state index is 12.8. The number of Topliss-reactive ketones (excluding diaryl/α,β-unsaturated/α-hetero) is 1. The van der Waals surface area contributed by atoms with E-state index in [1.165, 1.54) is 4.31 Å². The molecule has 1 saturated heterocycles. The van der Waals surface area contributed by atoms with E-state index in [1.807, 2.05) is 0 Å². The van der Waals surface area contributed by atoms with E-state index in [4.69, 9.17) is 0 Å². The molecule has 4 rings (SSSR count). The van der Waals surface area contributed by atoms with Gasteiger partial charge in [-0.25, -0.2) is 8.42 Å². The summed E-state index contributed by atoms with van der Waals surface area (Å²) in [6, 6.07) is 6.92. The molecule has 2 aliphatic heterocycles. The Morgan fingerprint density at radius 1 is 1.24 bits per heavy atom. The van der Waals surface area contributed by atoms with Crippen molar-refractivity contribution in [1.82, 2.24) is 4.31 Å². The lowest BCUT2D eigenvalue weighted by Crippen LogP contribution is -2.39. The summed E-state index contributed by atoms with van der Waals surface area (Å²) in [5.74, 6) is 0.406. The molecule has 3 aliphatic rings. The Bertz CT molecular complexity index is 767. The molecule has 1 fully saturated rings. The topological polar surface area (TPSA) is 66.5 Å². The molecule has 5 nitrogen and oxygen atoms in total. The number of nitrogens with zero attached hydrogens (tertiary/aromatic N) is 1. The summed E-state index contributed by atoms with van der Waals surface area (Å²) in [6.07, 6.45) is 1.29. The Balaban J connectivity index is 1.90. The zero-order chi connectivity index (χ0) is 14.6. The van der Waals surface area contributed by atoms with Gasteiger partial charge in [0.1, 0.15) is 4.90 Å². The molecule has 0 radical (unpaired) electrons. The SMILES string of the molecule is O=C1CC2CCN3CC2=C1CNc1ccccc1S3(=O)=O. The van der Waals surface area contributed by atoms with Crippen LogP contribution in [0.25, 0.3) is 0 Å². The van der Waals surface area contributed by atoms with Gasteiger partial charge in [-0.3, -0.25) is 4.79 Å². The number of hydrogen-bond donors (Lipinski definition) is 1. The van der Waals surface area contributed by atoms with Gasteiger partial charge in [0.05, 0.1) is 5.69 Å². The van der Waals surface area contributed by atoms with Crippen molar-refractivity contribution in [1.29, 1.82) is 0 Å². The molecule has 21 heavy (non-hydrogen) atoms. The van der Waals surface area contributed by atoms with Gasteiger partial charge in [0.15, 0.2) is 5.78 Å². The Hall–Kier alpha value is -1.66. The molecule has 1 aromatic rings. The zero-order valence-corrected chi connectivity index (χ0v) is 12.3. The van der Waals surface area contributed by atoms with Crippen molar-refractivity contribution < 1.29 is 13.2 Å². The van der Waals surface area contributed by atoms with Gasteiger partial charge in [0.2, 0.25) is 10.0 Å². The molecular weight excluding hydrogens is 288 g/mol. The standard InChI is InChI=1S/C15H16N2O3S/c18-14-7-10-5-6-17-9-12(10)11(14)8-16-13-3-1-2-4-15(13)21(17,19)20/h1-4,10,16H,5-9H2. The predicted octanol–water partition coefficient (Wildman–Crippen LogP) is 1.39. The highest BCUT2D eigenvalue weighted by atomic mass is 32.2. The van der Waals surface area contributed by atoms with Crippen LogP contribution < -0.4 is 5.32 Å². The summed E-state index contributed by atoms with van der Waals surface area (Å²) >= 11 is 0. The first-order chi connectivity index (χ1) is 10.1. The number of hydrogen-bond acceptors (Lipinski definition) is 4. The maximum Gasteiger partial charge on any atom is 0.245 e. The van der Waals surface area contributed by atoms with Gasteiger partial charge in [-0.05, 0) is 30.0 Å². The molecule has 0 spiro atoms. The van der Waals surface area contributed by atoms with Crippen LogP contribution in [0.1, 0.15) is 12.8 Å². The first-order valence-corrected chi connectivity index (χ1v) is 8.59. The highest BCUT2D eigenvalue weighted by Crippen LogP contribution is 2.39. The van der Waals surface area contributed by atoms with E-state index >= 15 is 0 Å². The van der Waals surface area contributed by atoms with Crippen molar-refractivity contribution in [3.63, 3.8) is 0 Å². The molecule has 0 amide bonds. The maximum atomic E-state index is 12.8. The molecule has 110 valence electrons. The van der Waals surface area contributed by atoms with Crippen LogP contribution in [-0.4, -0.2) is 38.1 Å². The van der Waals surface area contributed by atoms with Crippen molar-refractivity contribution >= 4 is 21.5 Å². The van der Waals surface area contributed by atoms with E-state index in [-0.39, 0.29) is 11.7 Å². The number of piperidine rings is 1. The molecule has 2 atom stereocenters. The van der Waals surface area contributed by atoms with Gasteiger partial charge in [-0.15, -0.1) is 0 Å². The van der Waals surface area contributed by atoms with E-state index in [9.17, 15) is 13.2 Å². The van der Waals surface area contributed by atoms with Crippen LogP contribution in [0.5, 0.6) is 0 Å². The lowest BCUT2D eigenvalue weighted by atomic mass is 9.94. The fourth-order valence-electron chi connectivity index (χ4n) is 3.54. The number of carbonyl (C=O) groups excluding carboxylic acids is 1. The summed E-state index contributed by atoms with van der Waals surface area (Å²) in [5.41, 5.74) is 2.39. The molecule has 6 heteroatoms. The van der Waals surface area contributed by atoms with E-state index < -0.39 is 10.0 Å². The number of fused-ring (bicyclic) bond motifs is 2. The molecule has 2 unspecified atom stereocenters. The van der Waals surface area contributed by atoms with Crippen molar-refractivity contribution in [2.45, 2.75) is 17.7 Å². The number of para-hydroxylation sites is 1. The molecule has 0 aromatic heterocycles. The highest BCUT2D eigenvalue weighted by molar-refractivity contribution is 7.89. The average Bonchev–Trinajstić information content (AvgIpc) is 2.80. The number of benzene rings is 1. The lowest BCUT2D eigenvalue weighted by Gasteiger charge is -2.31. The Kier molecular flexibility index (Phi) is 2.74. The quantitative estimate of drug-likeness (QED) is 0.786. The van der Waals surface area contributed by atoms with Crippen LogP contribution in [0.15, 0.2) is 40.3 Å². The fourth-order valence-corrected chi connectivity index (χ4v) is 5.14. The van der Waals surface area contributed by atoms with Crippen LogP contribution in [-0.2, 0) is 14.8 Å². The third-order valence-electron chi connectivity index (χ3n) is 4.68. The molecular formula is C15H16N2O3S. The Morgan fingerprint density at radius 3 is 2.90 bits per heavy atom. The van der Waals surface area contributed by atoms with Crippen molar-refractivity contribution in [3.05, 3.63) is 35.4 Å². The molecule has 1 aromatic carbocycles. The number of sulfonamides is 1. The van der Waals surface area contributed by atoms with Crippen molar-refractivity contribution in [3.8, 4) is 0 Å². The largest absolute Gasteiger partial charge is 0.380 e. The van der Waals surface area contributed by atoms with Gasteiger partial charge < -0.3 is 5.32 Å². The first-order valence-electron chi connectivity index (χ1n) is 7.15. The second-order valence-corrected chi connectivity index (χ2v) is 7.71. The summed E-state index contributed by atoms with van der Waals surface area (Å²) in [7, 11) is -3.51. The smallest absolute Gasteiger partial charge is 0.245 e. The summed E-state index contributed by atoms with van der Waals surface area (Å²) in [5, 5.41) is 3.15. The normalized spacial score (nSPS) is 30.0. The van der Waals surface area contributed by atoms with Gasteiger partial charge in [-0.2, -0.15) is 4.31 Å². The Labute approximate surface area is 123 Å². The molecule has 1 aliphatic carbocycles. The lowest BCUT2D eigenvalue weighted by molar-refractivity contribution is -0.115. The van der Waals surface area contributed by atoms with Crippen LogP contribution in [0, 0.1) is 5.92 Å². The number of nitrogens with one attached hydrogen (secondary N) is 1. The minimum absolute atomic E-state index is 0.168. The summed E-state index contributed by atoms with van der Waals surface area (Å²) < 4.78 is 27.2. The first kappa shape index (κ1) is 13.0. The third-order valence-corrected chi connectivity index (χ3v) is 6.59. The van der Waals surface area contributed by atoms with Gasteiger partial charge in [0.25, 0.3) is 0 Å².